The molecule has 1 amide bonds. The molecule has 186 valence electrons. The van der Waals surface area contributed by atoms with Crippen molar-refractivity contribution in [3.8, 4) is 28.3 Å². The Kier molecular flexibility index (Phi) is 5.54. The number of fused-ring (bicyclic) bond motifs is 3. The molecule has 2 saturated heterocycles. The minimum absolute atomic E-state index is 0.0817. The molecular weight excluding hydrogens is 472 g/mol. The van der Waals surface area contributed by atoms with Gasteiger partial charge in [0.15, 0.2) is 0 Å². The molecule has 0 unspecified atom stereocenters. The Hall–Kier alpha value is -4.09. The van der Waals surface area contributed by atoms with E-state index in [4.69, 9.17) is 5.73 Å². The van der Waals surface area contributed by atoms with Gasteiger partial charge in [-0.25, -0.2) is 8.78 Å². The monoisotopic (exact) mass is 497 g/mol. The van der Waals surface area contributed by atoms with Crippen molar-refractivity contribution < 1.29 is 13.6 Å². The van der Waals surface area contributed by atoms with Crippen LogP contribution in [0.4, 0.5) is 8.78 Å². The molecule has 2 bridgehead atoms. The fourth-order valence-corrected chi connectivity index (χ4v) is 6.00. The van der Waals surface area contributed by atoms with Crippen LogP contribution in [0.3, 0.4) is 0 Å². The molecule has 3 atom stereocenters. The molecule has 2 aliphatic heterocycles. The lowest BCUT2D eigenvalue weighted by Gasteiger charge is -2.38. The first-order chi connectivity index (χ1) is 17.8. The lowest BCUT2D eigenvalue weighted by atomic mass is 9.90. The third-order valence-electron chi connectivity index (χ3n) is 7.80. The van der Waals surface area contributed by atoms with Gasteiger partial charge in [-0.1, -0.05) is 12.1 Å². The Morgan fingerprint density at radius 1 is 1.00 bits per heavy atom. The van der Waals surface area contributed by atoms with Gasteiger partial charge in [0.2, 0.25) is 0 Å². The summed E-state index contributed by atoms with van der Waals surface area (Å²) in [6.45, 7) is 0. The third kappa shape index (κ3) is 3.87. The molecule has 6 nitrogen and oxygen atoms in total. The number of piperidine rings is 1. The largest absolute Gasteiger partial charge is 0.333 e. The van der Waals surface area contributed by atoms with Crippen molar-refractivity contribution in [1.29, 1.82) is 5.26 Å². The van der Waals surface area contributed by atoms with Crippen molar-refractivity contribution in [2.24, 2.45) is 12.8 Å². The maximum Gasteiger partial charge on any atom is 0.254 e. The van der Waals surface area contributed by atoms with Crippen LogP contribution in [0.5, 0.6) is 0 Å². The molecule has 1 aromatic heterocycles. The molecule has 3 heterocycles. The summed E-state index contributed by atoms with van der Waals surface area (Å²) in [7, 11) is 1.74. The van der Waals surface area contributed by atoms with Gasteiger partial charge < -0.3 is 10.6 Å². The van der Waals surface area contributed by atoms with Crippen molar-refractivity contribution in [1.82, 2.24) is 14.7 Å². The zero-order valence-corrected chi connectivity index (χ0v) is 20.3. The van der Waals surface area contributed by atoms with Crippen LogP contribution in [0.2, 0.25) is 0 Å². The number of rotatable bonds is 3. The number of amides is 1. The zero-order valence-electron chi connectivity index (χ0n) is 20.3. The lowest BCUT2D eigenvalue weighted by molar-refractivity contribution is 0.0575. The van der Waals surface area contributed by atoms with Crippen LogP contribution in [-0.2, 0) is 7.05 Å². The number of hydrogen-bond acceptors (Lipinski definition) is 4. The fourth-order valence-electron chi connectivity index (χ4n) is 6.00. The molecule has 8 heteroatoms. The Balaban J connectivity index is 1.50. The molecule has 0 radical (unpaired) electrons. The minimum atomic E-state index is -0.672. The first-order valence-corrected chi connectivity index (χ1v) is 12.4. The Morgan fingerprint density at radius 2 is 1.76 bits per heavy atom. The van der Waals surface area contributed by atoms with Crippen LogP contribution >= 0.6 is 0 Å². The summed E-state index contributed by atoms with van der Waals surface area (Å²) in [6, 6.07) is 14.7. The molecule has 4 aromatic rings. The minimum Gasteiger partial charge on any atom is -0.333 e. The average Bonchev–Trinajstić information content (AvgIpc) is 3.38. The van der Waals surface area contributed by atoms with Gasteiger partial charge in [0.1, 0.15) is 17.7 Å². The van der Waals surface area contributed by atoms with Crippen LogP contribution in [0, 0.1) is 23.0 Å². The van der Waals surface area contributed by atoms with Crippen LogP contribution in [0.25, 0.3) is 33.2 Å². The van der Waals surface area contributed by atoms with E-state index in [0.717, 1.165) is 31.1 Å². The molecule has 0 saturated carbocycles. The van der Waals surface area contributed by atoms with Gasteiger partial charge in [0, 0.05) is 47.8 Å². The summed E-state index contributed by atoms with van der Waals surface area (Å²) >= 11 is 0. The number of halogens is 2. The molecule has 37 heavy (non-hydrogen) atoms. The van der Waals surface area contributed by atoms with E-state index in [1.54, 1.807) is 48.3 Å². The molecule has 0 aliphatic carbocycles. The summed E-state index contributed by atoms with van der Waals surface area (Å²) in [6.07, 6.45) is 5.10. The summed E-state index contributed by atoms with van der Waals surface area (Å²) in [4.78, 5) is 15.6. The molecule has 2 aliphatic rings. The fraction of sp³-hybridized carbons (Fsp3) is 0.276. The normalized spacial score (nSPS) is 20.8. The molecule has 2 fully saturated rings. The zero-order chi connectivity index (χ0) is 25.8. The molecule has 6 rings (SSSR count). The predicted molar refractivity (Wildman–Crippen MR) is 136 cm³/mol. The Morgan fingerprint density at radius 3 is 2.46 bits per heavy atom. The summed E-state index contributed by atoms with van der Waals surface area (Å²) in [5.74, 6) is -1.22. The molecule has 3 aromatic carbocycles. The van der Waals surface area contributed by atoms with Gasteiger partial charge in [-0.05, 0) is 72.7 Å². The maximum absolute atomic E-state index is 15.4. The van der Waals surface area contributed by atoms with E-state index in [1.807, 2.05) is 11.0 Å². The Labute approximate surface area is 212 Å². The van der Waals surface area contributed by atoms with Crippen LogP contribution in [0.15, 0.2) is 54.7 Å². The summed E-state index contributed by atoms with van der Waals surface area (Å²) < 4.78 is 31.7. The number of aryl methyl sites for hydroxylation is 1. The van der Waals surface area contributed by atoms with Crippen molar-refractivity contribution in [2.45, 2.75) is 43.8 Å². The summed E-state index contributed by atoms with van der Waals surface area (Å²) in [5.41, 5.74) is 9.03. The second-order valence-electron chi connectivity index (χ2n) is 10.1. The van der Waals surface area contributed by atoms with Crippen LogP contribution in [0.1, 0.15) is 41.6 Å². The van der Waals surface area contributed by atoms with E-state index in [-0.39, 0.29) is 29.6 Å². The molecule has 2 N–H and O–H groups in total. The van der Waals surface area contributed by atoms with E-state index < -0.39 is 11.6 Å². The average molecular weight is 498 g/mol. The van der Waals surface area contributed by atoms with Crippen LogP contribution < -0.4 is 5.73 Å². The smallest absolute Gasteiger partial charge is 0.254 e. The quantitative estimate of drug-likeness (QED) is 0.424. The van der Waals surface area contributed by atoms with Gasteiger partial charge in [-0.2, -0.15) is 10.4 Å². The number of aromatic nitrogens is 2. The topological polar surface area (TPSA) is 87.9 Å². The Bertz CT molecular complexity index is 1590. The van der Waals surface area contributed by atoms with E-state index in [9.17, 15) is 14.4 Å². The number of carbonyl (C=O) groups excluding carboxylic acids is 1. The summed E-state index contributed by atoms with van der Waals surface area (Å²) in [5, 5.41) is 14.1. The molecular formula is C29H25F2N5O. The first kappa shape index (κ1) is 23.3. The van der Waals surface area contributed by atoms with Gasteiger partial charge >= 0.3 is 0 Å². The molecule has 0 spiro atoms. The SMILES string of the molecule is Cn1ncc2cc(-c3ccc(C(=O)N4[C@@H]5CC[C@H]4C[C@@H](N)C5)cc3-c3ccc(C#N)c(F)c3)c(F)cc21. The standard InChI is InChI=1S/C29H25F2N5O/c1-35-28-13-27(31)25(9-19(28)15-34-35)23-7-4-17(8-24(23)16-2-3-18(14-32)26(30)10-16)29(37)36-21-5-6-22(36)12-20(33)11-21/h2-4,7-10,13,15,20-22H,5-6,11-12,33H2,1H3/t20-,21+,22-. The lowest BCUT2D eigenvalue weighted by Crippen LogP contribution is -2.50. The van der Waals surface area contributed by atoms with Gasteiger partial charge in [-0.15, -0.1) is 0 Å². The first-order valence-electron chi connectivity index (χ1n) is 12.4. The van der Waals surface area contributed by atoms with E-state index >= 15 is 4.39 Å². The highest BCUT2D eigenvalue weighted by Crippen LogP contribution is 2.39. The van der Waals surface area contributed by atoms with Crippen molar-refractivity contribution in [3.05, 3.63) is 77.5 Å². The van der Waals surface area contributed by atoms with Crippen molar-refractivity contribution in [2.75, 3.05) is 0 Å². The maximum atomic E-state index is 15.4. The number of benzene rings is 3. The second-order valence-corrected chi connectivity index (χ2v) is 10.1. The second kappa shape index (κ2) is 8.79. The van der Waals surface area contributed by atoms with E-state index in [2.05, 4.69) is 5.10 Å². The number of hydrogen-bond donors (Lipinski definition) is 1. The number of nitrogens with zero attached hydrogens (tertiary/aromatic N) is 4. The highest BCUT2D eigenvalue weighted by Gasteiger charge is 2.42. The van der Waals surface area contributed by atoms with Gasteiger partial charge in [0.25, 0.3) is 5.91 Å². The van der Waals surface area contributed by atoms with E-state index in [1.165, 1.54) is 18.2 Å². The number of nitrogens with two attached hydrogens (primary N) is 1. The number of nitriles is 1. The van der Waals surface area contributed by atoms with Crippen LogP contribution in [-0.4, -0.2) is 38.7 Å². The van der Waals surface area contributed by atoms with E-state index in [0.29, 0.717) is 33.3 Å². The predicted octanol–water partition coefficient (Wildman–Crippen LogP) is 5.15. The van der Waals surface area contributed by atoms with Crippen molar-refractivity contribution >= 4 is 16.8 Å². The van der Waals surface area contributed by atoms with Gasteiger partial charge in [-0.3, -0.25) is 9.48 Å². The van der Waals surface area contributed by atoms with Crippen molar-refractivity contribution in [3.63, 3.8) is 0 Å². The number of carbonyl (C=O) groups is 1. The highest BCUT2D eigenvalue weighted by molar-refractivity contribution is 5.99. The third-order valence-corrected chi connectivity index (χ3v) is 7.80. The highest BCUT2D eigenvalue weighted by atomic mass is 19.1. The van der Waals surface area contributed by atoms with Gasteiger partial charge in [0.05, 0.1) is 17.3 Å².